The van der Waals surface area contributed by atoms with Crippen LogP contribution >= 0.6 is 31.9 Å². The summed E-state index contributed by atoms with van der Waals surface area (Å²) in [5.74, 6) is -0.975. The molecular weight excluding hydrogens is 331 g/mol. The van der Waals surface area contributed by atoms with Crippen molar-refractivity contribution in [3.8, 4) is 0 Å². The maximum atomic E-state index is 13.4. The van der Waals surface area contributed by atoms with E-state index in [9.17, 15) is 9.18 Å². The molecule has 0 unspecified atom stereocenters. The van der Waals surface area contributed by atoms with Crippen molar-refractivity contribution >= 4 is 37.8 Å². The van der Waals surface area contributed by atoms with Crippen molar-refractivity contribution in [1.82, 2.24) is 0 Å². The van der Waals surface area contributed by atoms with Crippen molar-refractivity contribution in [2.24, 2.45) is 0 Å². The number of carbonyl (C=O) groups excluding carboxylic acids is 1. The van der Waals surface area contributed by atoms with Gasteiger partial charge in [-0.2, -0.15) is 0 Å². The normalized spacial score (nSPS) is 10.2. The largest absolute Gasteiger partial charge is 0.462 e. The molecule has 15 heavy (non-hydrogen) atoms. The summed E-state index contributed by atoms with van der Waals surface area (Å²) in [5, 5.41) is 0. The fourth-order valence-electron chi connectivity index (χ4n) is 1.04. The van der Waals surface area contributed by atoms with Gasteiger partial charge in [0.25, 0.3) is 0 Å². The number of hydrogen-bond donors (Lipinski definition) is 0. The molecule has 0 saturated heterocycles. The third kappa shape index (κ3) is 2.58. The summed E-state index contributed by atoms with van der Waals surface area (Å²) in [6, 6.07) is 1.17. The number of ether oxygens (including phenoxy) is 1. The molecule has 0 bridgehead atoms. The first-order chi connectivity index (χ1) is 6.99. The van der Waals surface area contributed by atoms with Gasteiger partial charge >= 0.3 is 5.97 Å². The van der Waals surface area contributed by atoms with Crippen molar-refractivity contribution in [3.63, 3.8) is 0 Å². The first-order valence-corrected chi connectivity index (χ1v) is 5.88. The molecule has 1 aromatic carbocycles. The van der Waals surface area contributed by atoms with E-state index in [1.165, 1.54) is 6.07 Å². The van der Waals surface area contributed by atoms with Crippen LogP contribution in [0.1, 0.15) is 22.8 Å². The van der Waals surface area contributed by atoms with Crippen molar-refractivity contribution in [1.29, 1.82) is 0 Å². The summed E-state index contributed by atoms with van der Waals surface area (Å²) in [4.78, 5) is 11.4. The molecule has 0 heterocycles. The van der Waals surface area contributed by atoms with Gasteiger partial charge in [-0.15, -0.1) is 0 Å². The van der Waals surface area contributed by atoms with Gasteiger partial charge in [-0.05, 0) is 51.8 Å². The molecule has 2 nitrogen and oxygen atoms in total. The predicted molar refractivity (Wildman–Crippen MR) is 62.5 cm³/mol. The molecule has 5 heteroatoms. The standard InChI is InChI=1S/C10H9Br2FO2/c1-3-15-10(14)6-4-7(13)5(2)8(11)9(6)12/h4H,3H2,1-2H3. The number of benzene rings is 1. The smallest absolute Gasteiger partial charge is 0.339 e. The summed E-state index contributed by atoms with van der Waals surface area (Å²) in [6.07, 6.45) is 0. The van der Waals surface area contributed by atoms with Crippen LogP contribution in [0.3, 0.4) is 0 Å². The summed E-state index contributed by atoms with van der Waals surface area (Å²) < 4.78 is 19.2. The van der Waals surface area contributed by atoms with Crippen LogP contribution in [0.25, 0.3) is 0 Å². The number of esters is 1. The minimum atomic E-state index is -0.538. The monoisotopic (exact) mass is 338 g/mol. The van der Waals surface area contributed by atoms with Gasteiger partial charge in [-0.1, -0.05) is 0 Å². The van der Waals surface area contributed by atoms with Crippen LogP contribution < -0.4 is 0 Å². The van der Waals surface area contributed by atoms with Crippen molar-refractivity contribution < 1.29 is 13.9 Å². The molecule has 0 N–H and O–H groups in total. The summed E-state index contributed by atoms with van der Waals surface area (Å²) in [5.41, 5.74) is 0.641. The van der Waals surface area contributed by atoms with Gasteiger partial charge in [-0.25, -0.2) is 9.18 Å². The van der Waals surface area contributed by atoms with E-state index in [2.05, 4.69) is 31.9 Å². The second kappa shape index (κ2) is 5.07. The van der Waals surface area contributed by atoms with Gasteiger partial charge < -0.3 is 4.74 Å². The Hall–Kier alpha value is -0.420. The number of halogens is 3. The van der Waals surface area contributed by atoms with Crippen LogP contribution in [-0.2, 0) is 4.74 Å². The summed E-state index contributed by atoms with van der Waals surface area (Å²) >= 11 is 6.43. The second-order valence-electron chi connectivity index (χ2n) is 2.88. The molecule has 0 amide bonds. The fourth-order valence-corrected chi connectivity index (χ4v) is 2.02. The minimum absolute atomic E-state index is 0.187. The molecule has 82 valence electrons. The van der Waals surface area contributed by atoms with Gasteiger partial charge in [-0.3, -0.25) is 0 Å². The van der Waals surface area contributed by atoms with E-state index < -0.39 is 11.8 Å². The number of carbonyl (C=O) groups is 1. The molecule has 0 spiro atoms. The molecule has 0 atom stereocenters. The summed E-state index contributed by atoms with van der Waals surface area (Å²) in [7, 11) is 0. The lowest BCUT2D eigenvalue weighted by molar-refractivity contribution is 0.0524. The number of rotatable bonds is 2. The third-order valence-corrected chi connectivity index (χ3v) is 4.23. The van der Waals surface area contributed by atoms with E-state index in [0.717, 1.165) is 0 Å². The number of hydrogen-bond acceptors (Lipinski definition) is 2. The first kappa shape index (κ1) is 12.6. The Labute approximate surface area is 104 Å². The SMILES string of the molecule is CCOC(=O)c1cc(F)c(C)c(Br)c1Br. The average Bonchev–Trinajstić information content (AvgIpc) is 2.20. The van der Waals surface area contributed by atoms with Crippen LogP contribution in [-0.4, -0.2) is 12.6 Å². The second-order valence-corrected chi connectivity index (χ2v) is 4.47. The minimum Gasteiger partial charge on any atom is -0.462 e. The first-order valence-electron chi connectivity index (χ1n) is 4.30. The van der Waals surface area contributed by atoms with Gasteiger partial charge in [0.2, 0.25) is 0 Å². The van der Waals surface area contributed by atoms with Crippen molar-refractivity contribution in [2.45, 2.75) is 13.8 Å². The molecule has 1 aromatic rings. The van der Waals surface area contributed by atoms with E-state index in [0.29, 0.717) is 14.5 Å². The highest BCUT2D eigenvalue weighted by Gasteiger charge is 2.17. The van der Waals surface area contributed by atoms with Crippen LogP contribution in [0.2, 0.25) is 0 Å². The Balaban J connectivity index is 3.26. The highest BCUT2D eigenvalue weighted by Crippen LogP contribution is 2.32. The van der Waals surface area contributed by atoms with E-state index >= 15 is 0 Å². The average molecular weight is 340 g/mol. The zero-order valence-electron chi connectivity index (χ0n) is 8.23. The molecule has 0 fully saturated rings. The van der Waals surface area contributed by atoms with Crippen molar-refractivity contribution in [3.05, 3.63) is 32.0 Å². The molecule has 0 aliphatic carbocycles. The summed E-state index contributed by atoms with van der Waals surface area (Å²) in [6.45, 7) is 3.59. The Kier molecular flexibility index (Phi) is 4.28. The molecule has 0 saturated carbocycles. The van der Waals surface area contributed by atoms with Crippen LogP contribution in [0.4, 0.5) is 4.39 Å². The van der Waals surface area contributed by atoms with Gasteiger partial charge in [0.15, 0.2) is 0 Å². The zero-order valence-corrected chi connectivity index (χ0v) is 11.4. The lowest BCUT2D eigenvalue weighted by Gasteiger charge is -2.08. The molecular formula is C10H9Br2FO2. The Morgan fingerprint density at radius 3 is 2.60 bits per heavy atom. The molecule has 0 radical (unpaired) electrons. The van der Waals surface area contributed by atoms with Crippen LogP contribution in [0.15, 0.2) is 15.0 Å². The van der Waals surface area contributed by atoms with Crippen LogP contribution in [0, 0.1) is 12.7 Å². The van der Waals surface area contributed by atoms with Crippen LogP contribution in [0.5, 0.6) is 0 Å². The maximum Gasteiger partial charge on any atom is 0.339 e. The molecule has 0 aliphatic rings. The van der Waals surface area contributed by atoms with E-state index in [4.69, 9.17) is 4.74 Å². The van der Waals surface area contributed by atoms with E-state index in [-0.39, 0.29) is 12.2 Å². The van der Waals surface area contributed by atoms with Gasteiger partial charge in [0.05, 0.1) is 12.2 Å². The van der Waals surface area contributed by atoms with E-state index in [1.54, 1.807) is 13.8 Å². The highest BCUT2D eigenvalue weighted by atomic mass is 79.9. The Morgan fingerprint density at radius 2 is 2.07 bits per heavy atom. The lowest BCUT2D eigenvalue weighted by Crippen LogP contribution is -2.07. The topological polar surface area (TPSA) is 26.3 Å². The zero-order chi connectivity index (χ0) is 11.6. The fraction of sp³-hybridized carbons (Fsp3) is 0.300. The highest BCUT2D eigenvalue weighted by molar-refractivity contribution is 9.13. The Bertz CT molecular complexity index is 405. The Morgan fingerprint density at radius 1 is 1.47 bits per heavy atom. The third-order valence-electron chi connectivity index (χ3n) is 1.88. The lowest BCUT2D eigenvalue weighted by atomic mass is 10.1. The maximum absolute atomic E-state index is 13.4. The van der Waals surface area contributed by atoms with Crippen molar-refractivity contribution in [2.75, 3.05) is 6.61 Å². The molecule has 1 rings (SSSR count). The predicted octanol–water partition coefficient (Wildman–Crippen LogP) is 3.84. The van der Waals surface area contributed by atoms with Gasteiger partial charge in [0.1, 0.15) is 5.82 Å². The quantitative estimate of drug-likeness (QED) is 0.604. The van der Waals surface area contributed by atoms with E-state index in [1.807, 2.05) is 0 Å². The van der Waals surface area contributed by atoms with Gasteiger partial charge in [0, 0.05) is 14.5 Å². The molecule has 0 aromatic heterocycles. The molecule has 0 aliphatic heterocycles.